The minimum absolute atomic E-state index is 0.131. The first-order valence-corrected chi connectivity index (χ1v) is 7.22. The first kappa shape index (κ1) is 12.6. The number of likely N-dealkylation sites (tertiary alicyclic amines) is 1. The van der Waals surface area contributed by atoms with Gasteiger partial charge < -0.3 is 5.11 Å². The highest BCUT2D eigenvalue weighted by Gasteiger charge is 2.69. The van der Waals surface area contributed by atoms with E-state index in [0.29, 0.717) is 10.8 Å². The van der Waals surface area contributed by atoms with Gasteiger partial charge in [0.05, 0.1) is 11.8 Å². The molecule has 21 heavy (non-hydrogen) atoms. The summed E-state index contributed by atoms with van der Waals surface area (Å²) >= 11 is 0. The maximum atomic E-state index is 12.0. The van der Waals surface area contributed by atoms with Gasteiger partial charge in [-0.3, -0.25) is 9.59 Å². The van der Waals surface area contributed by atoms with Crippen molar-refractivity contribution in [2.45, 2.75) is 31.6 Å². The maximum Gasteiger partial charge on any atom is 0.421 e. The van der Waals surface area contributed by atoms with Crippen molar-refractivity contribution in [2.24, 2.45) is 11.8 Å². The van der Waals surface area contributed by atoms with Gasteiger partial charge in [-0.1, -0.05) is 18.2 Å². The lowest BCUT2D eigenvalue weighted by molar-refractivity contribution is -0.138. The summed E-state index contributed by atoms with van der Waals surface area (Å²) in [5, 5.41) is 8.89. The van der Waals surface area contributed by atoms with Gasteiger partial charge in [0, 0.05) is 5.92 Å². The molecule has 1 aromatic carbocycles. The van der Waals surface area contributed by atoms with Crippen LogP contribution in [0.2, 0.25) is 0 Å². The molecular weight excluding hydrogens is 270 g/mol. The van der Waals surface area contributed by atoms with Crippen molar-refractivity contribution in [2.75, 3.05) is 0 Å². The van der Waals surface area contributed by atoms with E-state index >= 15 is 0 Å². The molecule has 3 atom stereocenters. The Morgan fingerprint density at radius 1 is 1.14 bits per heavy atom. The predicted molar refractivity (Wildman–Crippen MR) is 72.8 cm³/mol. The number of carbonyl (C=O) groups excluding carboxylic acids is 2. The molecule has 0 aromatic heterocycles. The lowest BCUT2D eigenvalue weighted by Gasteiger charge is -2.14. The number of aryl methyl sites for hydroxylation is 1. The Bertz CT molecular complexity index is 670. The number of carbonyl (C=O) groups is 3. The Labute approximate surface area is 121 Å². The van der Waals surface area contributed by atoms with Gasteiger partial charge in [-0.15, -0.1) is 0 Å². The van der Waals surface area contributed by atoms with Crippen LogP contribution < -0.4 is 0 Å². The second-order valence-corrected chi connectivity index (χ2v) is 6.26. The number of hydrogen-bond acceptors (Lipinski definition) is 3. The highest BCUT2D eigenvalue weighted by Crippen LogP contribution is 2.60. The molecule has 3 fully saturated rings. The molecule has 1 N–H and O–H groups in total. The fourth-order valence-electron chi connectivity index (χ4n) is 3.65. The monoisotopic (exact) mass is 285 g/mol. The Balaban J connectivity index is 1.62. The minimum atomic E-state index is -1.46. The van der Waals surface area contributed by atoms with Crippen LogP contribution in [0.15, 0.2) is 18.2 Å². The number of carboxylic acid groups (broad SMARTS) is 1. The van der Waals surface area contributed by atoms with Crippen LogP contribution in [0, 0.1) is 18.8 Å². The highest BCUT2D eigenvalue weighted by molar-refractivity contribution is 6.19. The Morgan fingerprint density at radius 3 is 2.24 bits per heavy atom. The molecular formula is C16H15NO4. The normalized spacial score (nSPS) is 30.5. The zero-order valence-electron chi connectivity index (χ0n) is 11.6. The number of nitrogens with zero attached hydrogens (tertiary/aromatic N) is 1. The molecule has 1 saturated heterocycles. The fourth-order valence-corrected chi connectivity index (χ4v) is 3.65. The van der Waals surface area contributed by atoms with Crippen molar-refractivity contribution < 1.29 is 19.5 Å². The molecule has 5 nitrogen and oxygen atoms in total. The zero-order valence-corrected chi connectivity index (χ0v) is 11.6. The van der Waals surface area contributed by atoms with Crippen LogP contribution in [0.4, 0.5) is 4.79 Å². The third-order valence-corrected chi connectivity index (χ3v) is 4.92. The molecule has 0 spiro atoms. The van der Waals surface area contributed by atoms with Gasteiger partial charge in [0.2, 0.25) is 11.8 Å². The third kappa shape index (κ3) is 1.66. The molecule has 4 rings (SSSR count). The van der Waals surface area contributed by atoms with Crippen LogP contribution in [0.1, 0.15) is 41.4 Å². The molecule has 2 saturated carbocycles. The summed E-state index contributed by atoms with van der Waals surface area (Å²) in [4.78, 5) is 35.3. The van der Waals surface area contributed by atoms with Gasteiger partial charge in [0.15, 0.2) is 0 Å². The Morgan fingerprint density at radius 2 is 1.76 bits per heavy atom. The number of rotatable bonds is 2. The summed E-state index contributed by atoms with van der Waals surface area (Å²) in [5.74, 6) is -1.53. The van der Waals surface area contributed by atoms with E-state index in [-0.39, 0.29) is 5.92 Å². The topological polar surface area (TPSA) is 74.7 Å². The van der Waals surface area contributed by atoms with Crippen LogP contribution in [-0.4, -0.2) is 27.9 Å². The highest BCUT2D eigenvalue weighted by atomic mass is 16.4. The molecule has 2 aliphatic carbocycles. The Kier molecular flexibility index (Phi) is 2.35. The molecule has 3 amide bonds. The Hall–Kier alpha value is -2.17. The fraction of sp³-hybridized carbons (Fsp3) is 0.438. The SMILES string of the molecule is Cc1cc(C2CC2)ccc1[C@@H]1[C@@H]2C(=O)N(C(=O)O)C(=O)[C@@H]21. The van der Waals surface area contributed by atoms with Crippen LogP contribution in [0.3, 0.4) is 0 Å². The van der Waals surface area contributed by atoms with Crippen molar-refractivity contribution in [1.82, 2.24) is 4.90 Å². The minimum Gasteiger partial charge on any atom is -0.464 e. The van der Waals surface area contributed by atoms with Crippen molar-refractivity contribution in [3.8, 4) is 0 Å². The molecule has 5 heteroatoms. The quantitative estimate of drug-likeness (QED) is 0.846. The summed E-state index contributed by atoms with van der Waals surface area (Å²) in [6.07, 6.45) is 1.01. The molecule has 0 radical (unpaired) electrons. The number of amides is 3. The summed E-state index contributed by atoms with van der Waals surface area (Å²) in [5.41, 5.74) is 3.44. The lowest BCUT2D eigenvalue weighted by atomic mass is 9.97. The number of benzene rings is 1. The summed E-state index contributed by atoms with van der Waals surface area (Å²) in [6.45, 7) is 2.00. The van der Waals surface area contributed by atoms with Crippen molar-refractivity contribution in [3.05, 3.63) is 34.9 Å². The molecule has 1 heterocycles. The van der Waals surface area contributed by atoms with Crippen LogP contribution in [-0.2, 0) is 9.59 Å². The molecule has 3 aliphatic rings. The van der Waals surface area contributed by atoms with Crippen molar-refractivity contribution in [3.63, 3.8) is 0 Å². The number of hydrogen-bond donors (Lipinski definition) is 1. The van der Waals surface area contributed by atoms with Crippen LogP contribution in [0.5, 0.6) is 0 Å². The van der Waals surface area contributed by atoms with E-state index in [1.54, 1.807) is 0 Å². The first-order valence-electron chi connectivity index (χ1n) is 7.22. The van der Waals surface area contributed by atoms with E-state index in [1.165, 1.54) is 18.4 Å². The largest absolute Gasteiger partial charge is 0.464 e. The third-order valence-electron chi connectivity index (χ3n) is 4.92. The van der Waals surface area contributed by atoms with Gasteiger partial charge in [-0.2, -0.15) is 4.90 Å². The second kappa shape index (κ2) is 3.93. The summed E-state index contributed by atoms with van der Waals surface area (Å²) in [7, 11) is 0. The van der Waals surface area contributed by atoms with E-state index in [2.05, 4.69) is 12.1 Å². The first-order chi connectivity index (χ1) is 10.0. The molecule has 1 aromatic rings. The van der Waals surface area contributed by atoms with Crippen molar-refractivity contribution >= 4 is 17.9 Å². The second-order valence-electron chi connectivity index (χ2n) is 6.26. The molecule has 0 unspecified atom stereocenters. The zero-order chi connectivity index (χ0) is 14.9. The predicted octanol–water partition coefficient (Wildman–Crippen LogP) is 2.25. The maximum absolute atomic E-state index is 12.0. The van der Waals surface area contributed by atoms with Gasteiger partial charge in [-0.25, -0.2) is 4.79 Å². The average Bonchev–Trinajstić information content (AvgIpc) is 3.31. The number of fused-ring (bicyclic) bond motifs is 1. The van der Waals surface area contributed by atoms with E-state index in [1.807, 2.05) is 13.0 Å². The van der Waals surface area contributed by atoms with Gasteiger partial charge in [-0.05, 0) is 42.4 Å². The van der Waals surface area contributed by atoms with E-state index in [0.717, 1.165) is 11.1 Å². The van der Waals surface area contributed by atoms with Crippen molar-refractivity contribution in [1.29, 1.82) is 0 Å². The average molecular weight is 285 g/mol. The molecule has 1 aliphatic heterocycles. The van der Waals surface area contributed by atoms with Crippen LogP contribution in [0.25, 0.3) is 0 Å². The van der Waals surface area contributed by atoms with Crippen LogP contribution >= 0.6 is 0 Å². The standard InChI is InChI=1S/C16H15NO4/c1-7-6-9(8-2-3-8)4-5-10(7)11-12-13(11)15(19)17(14(12)18)16(20)21/h4-6,8,11-13H,2-3H2,1H3,(H,20,21)/t11-,12+,13-. The number of piperidine rings is 1. The summed E-state index contributed by atoms with van der Waals surface area (Å²) < 4.78 is 0. The van der Waals surface area contributed by atoms with E-state index in [9.17, 15) is 14.4 Å². The number of imide groups is 3. The molecule has 108 valence electrons. The smallest absolute Gasteiger partial charge is 0.421 e. The van der Waals surface area contributed by atoms with E-state index < -0.39 is 29.7 Å². The van der Waals surface area contributed by atoms with Gasteiger partial charge >= 0.3 is 6.09 Å². The summed E-state index contributed by atoms with van der Waals surface area (Å²) in [6, 6.07) is 6.24. The molecule has 0 bridgehead atoms. The van der Waals surface area contributed by atoms with Gasteiger partial charge in [0.1, 0.15) is 0 Å². The van der Waals surface area contributed by atoms with Gasteiger partial charge in [0.25, 0.3) is 0 Å². The lowest BCUT2D eigenvalue weighted by Crippen LogP contribution is -2.38. The van der Waals surface area contributed by atoms with E-state index in [4.69, 9.17) is 5.11 Å².